The van der Waals surface area contributed by atoms with E-state index in [1.807, 2.05) is 18.7 Å². The third kappa shape index (κ3) is 4.27. The lowest BCUT2D eigenvalue weighted by Gasteiger charge is -2.34. The summed E-state index contributed by atoms with van der Waals surface area (Å²) >= 11 is 0. The van der Waals surface area contributed by atoms with Crippen LogP contribution in [0.3, 0.4) is 0 Å². The molecular weight excluding hydrogens is 388 g/mol. The van der Waals surface area contributed by atoms with Crippen LogP contribution in [0.1, 0.15) is 74.7 Å². The van der Waals surface area contributed by atoms with Crippen molar-refractivity contribution in [3.05, 3.63) is 17.0 Å². The molecule has 1 aromatic rings. The second-order valence-electron chi connectivity index (χ2n) is 10.9. The highest BCUT2D eigenvalue weighted by Crippen LogP contribution is 2.53. The summed E-state index contributed by atoms with van der Waals surface area (Å²) in [6.45, 7) is 5.41. The molecule has 3 bridgehead atoms. The normalized spacial score (nSPS) is 32.8. The molecule has 1 aliphatic heterocycles. The van der Waals surface area contributed by atoms with Gasteiger partial charge >= 0.3 is 0 Å². The molecule has 2 heterocycles. The molecule has 170 valence electrons. The average molecular weight is 427 g/mol. The zero-order chi connectivity index (χ0) is 21.5. The van der Waals surface area contributed by atoms with Crippen molar-refractivity contribution >= 4 is 11.8 Å². The first-order valence-electron chi connectivity index (χ1n) is 12.6. The van der Waals surface area contributed by atoms with Crippen molar-refractivity contribution in [3.63, 3.8) is 0 Å². The first kappa shape index (κ1) is 21.0. The van der Waals surface area contributed by atoms with Crippen LogP contribution in [0.5, 0.6) is 0 Å². The Labute approximate surface area is 185 Å². The molecule has 0 radical (unpaired) electrons. The molecule has 5 rings (SSSR count). The zero-order valence-corrected chi connectivity index (χ0v) is 19.2. The number of likely N-dealkylation sites (tertiary alicyclic amines) is 1. The maximum atomic E-state index is 13.1. The zero-order valence-electron chi connectivity index (χ0n) is 19.2. The molecule has 4 fully saturated rings. The Morgan fingerprint density at radius 2 is 1.81 bits per heavy atom. The van der Waals surface area contributed by atoms with Crippen molar-refractivity contribution in [2.75, 3.05) is 13.1 Å². The first-order valence-corrected chi connectivity index (χ1v) is 12.6. The van der Waals surface area contributed by atoms with Gasteiger partial charge in [0.15, 0.2) is 0 Å². The number of aryl methyl sites for hydroxylation is 2. The number of nitrogens with zero attached hydrogens (tertiary/aromatic N) is 2. The number of rotatable bonds is 5. The van der Waals surface area contributed by atoms with Crippen molar-refractivity contribution in [1.82, 2.24) is 20.4 Å². The number of hydrogen-bond acceptors (Lipinski definition) is 3. The van der Waals surface area contributed by atoms with Gasteiger partial charge in [0.2, 0.25) is 11.8 Å². The van der Waals surface area contributed by atoms with E-state index in [1.165, 1.54) is 38.5 Å². The number of nitrogens with one attached hydrogen (secondary N) is 2. The highest BCUT2D eigenvalue weighted by atomic mass is 16.2. The molecule has 5 atom stereocenters. The van der Waals surface area contributed by atoms with Gasteiger partial charge in [-0.3, -0.25) is 14.7 Å². The highest BCUT2D eigenvalue weighted by Gasteiger charge is 2.46. The van der Waals surface area contributed by atoms with Crippen molar-refractivity contribution in [2.24, 2.45) is 29.6 Å². The molecule has 5 unspecified atom stereocenters. The predicted octanol–water partition coefficient (Wildman–Crippen LogP) is 3.53. The van der Waals surface area contributed by atoms with Crippen LogP contribution in [0.4, 0.5) is 0 Å². The first-order chi connectivity index (χ1) is 15.0. The Morgan fingerprint density at radius 3 is 2.55 bits per heavy atom. The fourth-order valence-electron chi connectivity index (χ4n) is 7.30. The highest BCUT2D eigenvalue weighted by molar-refractivity contribution is 5.80. The minimum absolute atomic E-state index is 0.0695. The molecule has 31 heavy (non-hydrogen) atoms. The summed E-state index contributed by atoms with van der Waals surface area (Å²) in [7, 11) is 0. The van der Waals surface area contributed by atoms with E-state index >= 15 is 0 Å². The fourth-order valence-corrected chi connectivity index (χ4v) is 7.30. The Morgan fingerprint density at radius 1 is 1.03 bits per heavy atom. The lowest BCUT2D eigenvalue weighted by atomic mass is 9.80. The number of aromatic nitrogens is 2. The molecule has 3 aliphatic carbocycles. The summed E-state index contributed by atoms with van der Waals surface area (Å²) in [6.07, 6.45) is 10.9. The predicted molar refractivity (Wildman–Crippen MR) is 119 cm³/mol. The van der Waals surface area contributed by atoms with Crippen LogP contribution < -0.4 is 5.32 Å². The third-order valence-electron chi connectivity index (χ3n) is 8.97. The van der Waals surface area contributed by atoms with Crippen LogP contribution in [0, 0.1) is 43.4 Å². The van der Waals surface area contributed by atoms with Crippen LogP contribution in [0.15, 0.2) is 0 Å². The summed E-state index contributed by atoms with van der Waals surface area (Å²) in [5.41, 5.74) is 3.20. The summed E-state index contributed by atoms with van der Waals surface area (Å²) < 4.78 is 0. The van der Waals surface area contributed by atoms with E-state index in [0.717, 1.165) is 59.9 Å². The fraction of sp³-hybridized carbons (Fsp3) is 0.800. The minimum atomic E-state index is 0.0695. The number of carbonyl (C=O) groups excluding carboxylic acids is 2. The summed E-state index contributed by atoms with van der Waals surface area (Å²) in [5.74, 6) is 3.95. The summed E-state index contributed by atoms with van der Waals surface area (Å²) in [5, 5.41) is 10.7. The standard InChI is InChI=1S/C25H38N4O2/c1-15-21(16(2)28-27-15)4-6-24(30)29-9-7-19(8-10-29)25(31)26-23-5-3-17-11-18-13-20(12-17)22(23)14-18/h17-20,22-23H,3-14H2,1-2H3,(H,26,31)(H,27,28). The van der Waals surface area contributed by atoms with Gasteiger partial charge in [0.05, 0.1) is 5.69 Å². The van der Waals surface area contributed by atoms with Crippen molar-refractivity contribution in [2.45, 2.75) is 84.1 Å². The Bertz CT molecular complexity index is 806. The van der Waals surface area contributed by atoms with Crippen LogP contribution in [0.25, 0.3) is 0 Å². The summed E-state index contributed by atoms with van der Waals surface area (Å²) in [4.78, 5) is 27.7. The maximum absolute atomic E-state index is 13.1. The number of H-pyrrole nitrogens is 1. The van der Waals surface area contributed by atoms with Crippen molar-refractivity contribution in [3.8, 4) is 0 Å². The van der Waals surface area contributed by atoms with Crippen LogP contribution >= 0.6 is 0 Å². The smallest absolute Gasteiger partial charge is 0.223 e. The van der Waals surface area contributed by atoms with E-state index < -0.39 is 0 Å². The van der Waals surface area contributed by atoms with Gasteiger partial charge in [0.25, 0.3) is 0 Å². The Balaban J connectivity index is 1.09. The lowest BCUT2D eigenvalue weighted by Crippen LogP contribution is -2.47. The maximum Gasteiger partial charge on any atom is 0.223 e. The molecule has 2 N–H and O–H groups in total. The monoisotopic (exact) mass is 426 g/mol. The number of amides is 2. The molecule has 1 aromatic heterocycles. The van der Waals surface area contributed by atoms with Crippen LogP contribution in [-0.2, 0) is 16.0 Å². The summed E-state index contributed by atoms with van der Waals surface area (Å²) in [6, 6.07) is 0.397. The van der Waals surface area contributed by atoms with Gasteiger partial charge in [0.1, 0.15) is 0 Å². The second kappa shape index (κ2) is 8.59. The lowest BCUT2D eigenvalue weighted by molar-refractivity contribution is -0.136. The average Bonchev–Trinajstić information content (AvgIpc) is 3.22. The van der Waals surface area contributed by atoms with Crippen molar-refractivity contribution in [1.29, 1.82) is 0 Å². The van der Waals surface area contributed by atoms with E-state index in [2.05, 4.69) is 15.5 Å². The van der Waals surface area contributed by atoms with E-state index in [1.54, 1.807) is 0 Å². The SMILES string of the molecule is Cc1n[nH]c(C)c1CCC(=O)N1CCC(C(=O)NC2CCC3CC4CC(C3)C2C4)CC1. The van der Waals surface area contributed by atoms with Gasteiger partial charge in [-0.25, -0.2) is 0 Å². The Kier molecular flexibility index (Phi) is 5.82. The third-order valence-corrected chi connectivity index (χ3v) is 8.97. The second-order valence-corrected chi connectivity index (χ2v) is 10.9. The quantitative estimate of drug-likeness (QED) is 0.756. The topological polar surface area (TPSA) is 78.1 Å². The van der Waals surface area contributed by atoms with Gasteiger partial charge in [-0.1, -0.05) is 0 Å². The number of piperidine rings is 1. The molecule has 1 saturated heterocycles. The molecule has 6 heteroatoms. The van der Waals surface area contributed by atoms with E-state index in [0.29, 0.717) is 25.6 Å². The largest absolute Gasteiger partial charge is 0.353 e. The molecule has 3 saturated carbocycles. The molecule has 4 aliphatic rings. The van der Waals surface area contributed by atoms with Crippen molar-refractivity contribution < 1.29 is 9.59 Å². The van der Waals surface area contributed by atoms with Gasteiger partial charge in [-0.2, -0.15) is 5.10 Å². The van der Waals surface area contributed by atoms with E-state index in [4.69, 9.17) is 0 Å². The molecule has 0 spiro atoms. The van der Waals surface area contributed by atoms with Crippen LogP contribution in [0.2, 0.25) is 0 Å². The van der Waals surface area contributed by atoms with E-state index in [9.17, 15) is 9.59 Å². The van der Waals surface area contributed by atoms with Crippen LogP contribution in [-0.4, -0.2) is 46.0 Å². The Hall–Kier alpha value is -1.85. The molecular formula is C25H38N4O2. The van der Waals surface area contributed by atoms with Gasteiger partial charge in [0, 0.05) is 37.2 Å². The number of fused-ring (bicyclic) bond motifs is 2. The van der Waals surface area contributed by atoms with Gasteiger partial charge in [-0.05, 0) is 101 Å². The number of hydrogen-bond donors (Lipinski definition) is 2. The molecule has 2 amide bonds. The molecule has 6 nitrogen and oxygen atoms in total. The molecule has 0 aromatic carbocycles. The van der Waals surface area contributed by atoms with E-state index in [-0.39, 0.29) is 17.7 Å². The minimum Gasteiger partial charge on any atom is -0.353 e. The van der Waals surface area contributed by atoms with Gasteiger partial charge in [-0.15, -0.1) is 0 Å². The number of aromatic amines is 1. The van der Waals surface area contributed by atoms with Gasteiger partial charge < -0.3 is 10.2 Å². The number of carbonyl (C=O) groups is 2.